The second-order valence-electron chi connectivity index (χ2n) is 7.60. The quantitative estimate of drug-likeness (QED) is 0.807. The van der Waals surface area contributed by atoms with E-state index in [0.29, 0.717) is 6.54 Å². The van der Waals surface area contributed by atoms with E-state index in [-0.39, 0.29) is 5.54 Å². The van der Waals surface area contributed by atoms with E-state index in [1.165, 1.54) is 38.5 Å². The van der Waals surface area contributed by atoms with Crippen LogP contribution in [0.2, 0.25) is 5.02 Å². The second kappa shape index (κ2) is 5.68. The average Bonchev–Trinajstić information content (AvgIpc) is 2.44. The number of hydrogen-bond acceptors (Lipinski definition) is 1. The predicted octanol–water partition coefficient (Wildman–Crippen LogP) is 4.27. The maximum absolute atomic E-state index is 6.20. The fourth-order valence-corrected chi connectivity index (χ4v) is 5.86. The van der Waals surface area contributed by atoms with Gasteiger partial charge in [0, 0.05) is 17.1 Å². The molecule has 118 valence electrons. The summed E-state index contributed by atoms with van der Waals surface area (Å²) < 4.78 is 0. The molecule has 0 atom stereocenters. The molecule has 0 unspecified atom stereocenters. The van der Waals surface area contributed by atoms with Gasteiger partial charge in [0.2, 0.25) is 0 Å². The highest BCUT2D eigenvalue weighted by molar-refractivity contribution is 7.80. The van der Waals surface area contributed by atoms with E-state index in [9.17, 15) is 0 Å². The summed E-state index contributed by atoms with van der Waals surface area (Å²) in [4.78, 5) is 0. The molecule has 1 aromatic carbocycles. The molecule has 0 heterocycles. The van der Waals surface area contributed by atoms with Gasteiger partial charge in [0.1, 0.15) is 0 Å². The van der Waals surface area contributed by atoms with Crippen LogP contribution < -0.4 is 10.6 Å². The van der Waals surface area contributed by atoms with Crippen LogP contribution in [0.25, 0.3) is 0 Å². The third-order valence-corrected chi connectivity index (χ3v) is 6.43. The molecule has 0 aromatic heterocycles. The van der Waals surface area contributed by atoms with E-state index in [1.807, 2.05) is 24.3 Å². The third-order valence-electron chi connectivity index (χ3n) is 5.81. The summed E-state index contributed by atoms with van der Waals surface area (Å²) in [6.07, 6.45) is 8.31. The Kier molecular flexibility index (Phi) is 3.82. The summed E-state index contributed by atoms with van der Waals surface area (Å²) in [5.41, 5.74) is 1.37. The molecule has 1 aromatic rings. The van der Waals surface area contributed by atoms with Crippen LogP contribution >= 0.6 is 23.8 Å². The van der Waals surface area contributed by atoms with Gasteiger partial charge in [-0.2, -0.15) is 0 Å². The van der Waals surface area contributed by atoms with E-state index >= 15 is 0 Å². The Balaban J connectivity index is 1.37. The molecule has 4 aliphatic carbocycles. The highest BCUT2D eigenvalue weighted by Gasteiger charge is 2.51. The number of hydrogen-bond donors (Lipinski definition) is 2. The Hall–Kier alpha value is -0.800. The minimum Gasteiger partial charge on any atom is -0.359 e. The van der Waals surface area contributed by atoms with Gasteiger partial charge >= 0.3 is 0 Å². The number of benzene rings is 1. The molecule has 0 radical (unpaired) electrons. The first-order chi connectivity index (χ1) is 10.6. The first kappa shape index (κ1) is 14.8. The molecule has 4 aliphatic rings. The number of nitrogens with one attached hydrogen (secondary N) is 2. The van der Waals surface area contributed by atoms with E-state index < -0.39 is 0 Å². The molecule has 22 heavy (non-hydrogen) atoms. The van der Waals surface area contributed by atoms with Gasteiger partial charge in [-0.15, -0.1) is 0 Å². The Morgan fingerprint density at radius 3 is 2.27 bits per heavy atom. The smallest absolute Gasteiger partial charge is 0.166 e. The van der Waals surface area contributed by atoms with Crippen molar-refractivity contribution in [3.63, 3.8) is 0 Å². The minimum atomic E-state index is 0.277. The van der Waals surface area contributed by atoms with Gasteiger partial charge in [0.05, 0.1) is 0 Å². The van der Waals surface area contributed by atoms with E-state index in [4.69, 9.17) is 23.8 Å². The molecule has 4 saturated carbocycles. The number of rotatable bonds is 3. The molecular formula is C18H23ClN2S. The normalized spacial score (nSPS) is 35.4. The lowest BCUT2D eigenvalue weighted by molar-refractivity contribution is -0.0101. The number of halogens is 1. The van der Waals surface area contributed by atoms with Crippen LogP contribution in [0.1, 0.15) is 44.1 Å². The topological polar surface area (TPSA) is 24.1 Å². The summed E-state index contributed by atoms with van der Waals surface area (Å²) >= 11 is 11.8. The van der Waals surface area contributed by atoms with Crippen LogP contribution in [0.5, 0.6) is 0 Å². The van der Waals surface area contributed by atoms with Crippen LogP contribution in [0.3, 0.4) is 0 Å². The van der Waals surface area contributed by atoms with Crippen molar-refractivity contribution >= 4 is 28.9 Å². The Bertz CT molecular complexity index is 551. The molecule has 0 amide bonds. The molecule has 0 aliphatic heterocycles. The minimum absolute atomic E-state index is 0.277. The van der Waals surface area contributed by atoms with Crippen LogP contribution in [0.15, 0.2) is 24.3 Å². The van der Waals surface area contributed by atoms with Crippen LogP contribution in [-0.4, -0.2) is 10.7 Å². The van der Waals surface area contributed by atoms with Crippen molar-refractivity contribution in [3.8, 4) is 0 Å². The summed E-state index contributed by atoms with van der Waals surface area (Å²) in [6, 6.07) is 7.94. The zero-order chi connectivity index (χ0) is 15.2. The first-order valence-corrected chi connectivity index (χ1v) is 9.20. The zero-order valence-electron chi connectivity index (χ0n) is 12.8. The lowest BCUT2D eigenvalue weighted by Crippen LogP contribution is -2.61. The van der Waals surface area contributed by atoms with Crippen molar-refractivity contribution in [2.75, 3.05) is 0 Å². The van der Waals surface area contributed by atoms with E-state index in [1.54, 1.807) is 0 Å². The van der Waals surface area contributed by atoms with E-state index in [2.05, 4.69) is 10.6 Å². The van der Waals surface area contributed by atoms with Crippen molar-refractivity contribution in [1.29, 1.82) is 0 Å². The highest BCUT2D eigenvalue weighted by atomic mass is 35.5. The summed E-state index contributed by atoms with van der Waals surface area (Å²) in [7, 11) is 0. The molecular weight excluding hydrogens is 312 g/mol. The average molecular weight is 335 g/mol. The van der Waals surface area contributed by atoms with Crippen molar-refractivity contribution in [1.82, 2.24) is 10.6 Å². The summed E-state index contributed by atoms with van der Waals surface area (Å²) in [6.45, 7) is 0.692. The van der Waals surface area contributed by atoms with Crippen molar-refractivity contribution in [2.24, 2.45) is 17.8 Å². The van der Waals surface area contributed by atoms with Crippen LogP contribution in [0.4, 0.5) is 0 Å². The summed E-state index contributed by atoms with van der Waals surface area (Å²) in [5.74, 6) is 2.81. The monoisotopic (exact) mass is 334 g/mol. The summed E-state index contributed by atoms with van der Waals surface area (Å²) in [5, 5.41) is 8.63. The number of thiocarbonyl (C=S) groups is 1. The lowest BCUT2D eigenvalue weighted by atomic mass is 9.53. The molecule has 4 heteroatoms. The zero-order valence-corrected chi connectivity index (χ0v) is 14.3. The van der Waals surface area contributed by atoms with Crippen molar-refractivity contribution in [2.45, 2.75) is 50.6 Å². The molecule has 4 bridgehead atoms. The second-order valence-corrected chi connectivity index (χ2v) is 8.41. The molecule has 4 fully saturated rings. The standard InChI is InChI=1S/C18H23ClN2S/c19-16-4-2-1-3-15(16)11-20-17(22)21-18-8-12-5-13(9-18)7-14(6-12)10-18/h1-4,12-14H,5-11H2,(H2,20,21,22). The van der Waals surface area contributed by atoms with Gasteiger partial charge in [-0.3, -0.25) is 0 Å². The van der Waals surface area contributed by atoms with E-state index in [0.717, 1.165) is 33.5 Å². The first-order valence-electron chi connectivity index (χ1n) is 8.41. The fourth-order valence-electron chi connectivity index (χ4n) is 5.37. The molecule has 2 nitrogen and oxygen atoms in total. The van der Waals surface area contributed by atoms with Crippen LogP contribution in [-0.2, 0) is 6.54 Å². The third kappa shape index (κ3) is 2.85. The fraction of sp³-hybridized carbons (Fsp3) is 0.611. The van der Waals surface area contributed by atoms with Crippen molar-refractivity contribution < 1.29 is 0 Å². The predicted molar refractivity (Wildman–Crippen MR) is 94.9 cm³/mol. The Labute approximate surface area is 143 Å². The molecule has 0 spiro atoms. The molecule has 0 saturated heterocycles. The Morgan fingerprint density at radius 1 is 1.09 bits per heavy atom. The SMILES string of the molecule is S=C(NCc1ccccc1Cl)NC12CC3CC(CC(C3)C1)C2. The van der Waals surface area contributed by atoms with Gasteiger partial charge in [-0.05, 0) is 80.1 Å². The lowest BCUT2D eigenvalue weighted by Gasteiger charge is -2.57. The molecule has 5 rings (SSSR count). The van der Waals surface area contributed by atoms with Gasteiger partial charge in [-0.25, -0.2) is 0 Å². The Morgan fingerprint density at radius 2 is 1.68 bits per heavy atom. The van der Waals surface area contributed by atoms with Gasteiger partial charge in [-0.1, -0.05) is 29.8 Å². The maximum Gasteiger partial charge on any atom is 0.166 e. The van der Waals surface area contributed by atoms with Crippen molar-refractivity contribution in [3.05, 3.63) is 34.9 Å². The van der Waals surface area contributed by atoms with Gasteiger partial charge < -0.3 is 10.6 Å². The maximum atomic E-state index is 6.20. The van der Waals surface area contributed by atoms with Gasteiger partial charge in [0.15, 0.2) is 5.11 Å². The van der Waals surface area contributed by atoms with Gasteiger partial charge in [0.25, 0.3) is 0 Å². The van der Waals surface area contributed by atoms with Crippen LogP contribution in [0, 0.1) is 17.8 Å². The largest absolute Gasteiger partial charge is 0.359 e. The molecule has 2 N–H and O–H groups in total. The highest BCUT2D eigenvalue weighted by Crippen LogP contribution is 2.55.